The van der Waals surface area contributed by atoms with E-state index in [4.69, 9.17) is 0 Å². The summed E-state index contributed by atoms with van der Waals surface area (Å²) in [4.78, 5) is 29.8. The topological polar surface area (TPSA) is 53.1 Å². The van der Waals surface area contributed by atoms with Crippen molar-refractivity contribution in [3.05, 3.63) is 29.8 Å². The molecule has 0 radical (unpaired) electrons. The maximum Gasteiger partial charge on any atom is 0.416 e. The molecule has 0 saturated carbocycles. The number of methoxy groups -OCH3 is 1. The third-order valence-corrected chi connectivity index (χ3v) is 5.89. The third-order valence-electron chi connectivity index (χ3n) is 5.89. The summed E-state index contributed by atoms with van der Waals surface area (Å²) in [5.74, 6) is -0.421. The van der Waals surface area contributed by atoms with Gasteiger partial charge in [-0.3, -0.25) is 14.5 Å². The minimum absolute atomic E-state index is 0.0345. The predicted molar refractivity (Wildman–Crippen MR) is 106 cm³/mol. The number of rotatable bonds is 5. The minimum Gasteiger partial charge on any atom is -0.469 e. The second-order valence-electron chi connectivity index (χ2n) is 7.78. The van der Waals surface area contributed by atoms with Gasteiger partial charge in [-0.05, 0) is 31.0 Å². The van der Waals surface area contributed by atoms with Crippen molar-refractivity contribution >= 4 is 17.6 Å². The van der Waals surface area contributed by atoms with Crippen molar-refractivity contribution in [1.82, 2.24) is 9.80 Å². The van der Waals surface area contributed by atoms with E-state index in [-0.39, 0.29) is 30.8 Å². The Labute approximate surface area is 174 Å². The number of ether oxygens (including phenoxy) is 1. The lowest BCUT2D eigenvalue weighted by Crippen LogP contribution is -2.55. The Kier molecular flexibility index (Phi) is 7.23. The molecule has 2 aliphatic heterocycles. The molecule has 0 aliphatic carbocycles. The fraction of sp³-hybridized carbons (Fsp3) is 0.619. The number of carbonyl (C=O) groups excluding carboxylic acids is 2. The zero-order chi connectivity index (χ0) is 21.7. The molecule has 2 fully saturated rings. The summed E-state index contributed by atoms with van der Waals surface area (Å²) < 4.78 is 43.5. The number of likely N-dealkylation sites (tertiary alicyclic amines) is 1. The van der Waals surface area contributed by atoms with Crippen molar-refractivity contribution in [3.8, 4) is 0 Å². The van der Waals surface area contributed by atoms with Crippen molar-refractivity contribution < 1.29 is 27.5 Å². The highest BCUT2D eigenvalue weighted by Gasteiger charge is 2.32. The largest absolute Gasteiger partial charge is 0.469 e. The first-order chi connectivity index (χ1) is 14.3. The average molecular weight is 427 g/mol. The molecule has 0 aromatic heterocycles. The average Bonchev–Trinajstić information content (AvgIpc) is 2.77. The number of piperidine rings is 1. The predicted octanol–water partition coefficient (Wildman–Crippen LogP) is 2.77. The molecule has 2 saturated heterocycles. The maximum absolute atomic E-state index is 13.0. The zero-order valence-corrected chi connectivity index (χ0v) is 17.2. The van der Waals surface area contributed by atoms with Crippen LogP contribution in [0, 0.1) is 0 Å². The second kappa shape index (κ2) is 9.68. The molecule has 0 unspecified atom stereocenters. The lowest BCUT2D eigenvalue weighted by molar-refractivity contribution is -0.144. The summed E-state index contributed by atoms with van der Waals surface area (Å²) in [5, 5.41) is 0. The molecule has 30 heavy (non-hydrogen) atoms. The van der Waals surface area contributed by atoms with Crippen LogP contribution in [0.5, 0.6) is 0 Å². The summed E-state index contributed by atoms with van der Waals surface area (Å²) >= 11 is 0. The fourth-order valence-electron chi connectivity index (χ4n) is 4.17. The molecule has 0 bridgehead atoms. The van der Waals surface area contributed by atoms with E-state index in [0.717, 1.165) is 32.0 Å². The Balaban J connectivity index is 1.52. The van der Waals surface area contributed by atoms with Crippen LogP contribution in [0.15, 0.2) is 24.3 Å². The molecule has 9 heteroatoms. The number of esters is 1. The lowest BCUT2D eigenvalue weighted by atomic mass is 10.0. The van der Waals surface area contributed by atoms with Gasteiger partial charge in [0.1, 0.15) is 0 Å². The quantitative estimate of drug-likeness (QED) is 0.677. The van der Waals surface area contributed by atoms with Gasteiger partial charge in [0, 0.05) is 57.4 Å². The minimum atomic E-state index is -4.34. The smallest absolute Gasteiger partial charge is 0.416 e. The van der Waals surface area contributed by atoms with Gasteiger partial charge in [0.15, 0.2) is 0 Å². The van der Waals surface area contributed by atoms with Crippen LogP contribution < -0.4 is 4.90 Å². The van der Waals surface area contributed by atoms with Gasteiger partial charge in [-0.1, -0.05) is 6.07 Å². The first kappa shape index (κ1) is 22.4. The summed E-state index contributed by atoms with van der Waals surface area (Å²) in [6.07, 6.45) is -2.20. The van der Waals surface area contributed by atoms with Crippen LogP contribution in [0.1, 0.15) is 31.2 Å². The van der Waals surface area contributed by atoms with Crippen LogP contribution in [0.4, 0.5) is 18.9 Å². The first-order valence-corrected chi connectivity index (χ1v) is 10.3. The van der Waals surface area contributed by atoms with E-state index in [1.54, 1.807) is 6.07 Å². The summed E-state index contributed by atoms with van der Waals surface area (Å²) in [6, 6.07) is 5.70. The highest BCUT2D eigenvalue weighted by molar-refractivity contribution is 5.81. The van der Waals surface area contributed by atoms with E-state index in [0.29, 0.717) is 31.9 Å². The van der Waals surface area contributed by atoms with Gasteiger partial charge < -0.3 is 14.5 Å². The number of halogens is 3. The van der Waals surface area contributed by atoms with Gasteiger partial charge in [0.2, 0.25) is 5.91 Å². The van der Waals surface area contributed by atoms with E-state index < -0.39 is 11.7 Å². The molecule has 0 spiro atoms. The molecule has 1 aromatic rings. The van der Waals surface area contributed by atoms with E-state index in [1.807, 2.05) is 9.80 Å². The molecular formula is C21H28F3N3O3. The van der Waals surface area contributed by atoms with E-state index >= 15 is 0 Å². The standard InChI is InChI=1S/C21H28F3N3O3/c1-30-20(29)8-7-19(28)27-9-3-6-18(15-27)26-12-10-25(11-13-26)17-5-2-4-16(14-17)21(22,23)24/h2,4-5,14,18H,3,6-13,15H2,1H3/t18-/m0/s1. The molecule has 3 rings (SSSR count). The zero-order valence-electron chi connectivity index (χ0n) is 17.2. The Bertz CT molecular complexity index is 749. The van der Waals surface area contributed by atoms with Crippen LogP contribution in [0.3, 0.4) is 0 Å². The number of amides is 1. The van der Waals surface area contributed by atoms with Gasteiger partial charge in [-0.15, -0.1) is 0 Å². The molecule has 166 valence electrons. The number of anilines is 1. The number of alkyl halides is 3. The van der Waals surface area contributed by atoms with Gasteiger partial charge in [-0.2, -0.15) is 13.2 Å². The number of piperazine rings is 1. The molecule has 1 aromatic carbocycles. The Morgan fingerprint density at radius 3 is 2.50 bits per heavy atom. The number of benzene rings is 1. The fourth-order valence-corrected chi connectivity index (χ4v) is 4.17. The molecule has 1 atom stereocenters. The van der Waals surface area contributed by atoms with E-state index in [1.165, 1.54) is 19.2 Å². The molecule has 6 nitrogen and oxygen atoms in total. The lowest BCUT2D eigenvalue weighted by Gasteiger charge is -2.44. The van der Waals surface area contributed by atoms with Crippen LogP contribution in [0.2, 0.25) is 0 Å². The normalized spacial score (nSPS) is 20.9. The van der Waals surface area contributed by atoms with E-state index in [2.05, 4.69) is 9.64 Å². The van der Waals surface area contributed by atoms with Crippen LogP contribution >= 0.6 is 0 Å². The highest BCUT2D eigenvalue weighted by Crippen LogP contribution is 2.32. The Morgan fingerprint density at radius 2 is 1.83 bits per heavy atom. The van der Waals surface area contributed by atoms with Gasteiger partial charge >= 0.3 is 12.1 Å². The Morgan fingerprint density at radius 1 is 1.10 bits per heavy atom. The van der Waals surface area contributed by atoms with Crippen molar-refractivity contribution in [2.24, 2.45) is 0 Å². The number of hydrogen-bond acceptors (Lipinski definition) is 5. The molecule has 0 N–H and O–H groups in total. The monoisotopic (exact) mass is 427 g/mol. The number of hydrogen-bond donors (Lipinski definition) is 0. The summed E-state index contributed by atoms with van der Waals surface area (Å²) in [5.41, 5.74) is -0.0384. The van der Waals surface area contributed by atoms with Crippen LogP contribution in [-0.4, -0.2) is 74.1 Å². The first-order valence-electron chi connectivity index (χ1n) is 10.3. The molecule has 2 aliphatic rings. The molecular weight excluding hydrogens is 399 g/mol. The third kappa shape index (κ3) is 5.65. The van der Waals surface area contributed by atoms with Crippen LogP contribution in [-0.2, 0) is 20.5 Å². The highest BCUT2D eigenvalue weighted by atomic mass is 19.4. The molecule has 1 amide bonds. The van der Waals surface area contributed by atoms with Gasteiger partial charge in [0.05, 0.1) is 19.1 Å². The number of nitrogens with zero attached hydrogens (tertiary/aromatic N) is 3. The van der Waals surface area contributed by atoms with Gasteiger partial charge in [0.25, 0.3) is 0 Å². The molecule has 2 heterocycles. The van der Waals surface area contributed by atoms with Crippen molar-refractivity contribution in [3.63, 3.8) is 0 Å². The van der Waals surface area contributed by atoms with Crippen molar-refractivity contribution in [2.45, 2.75) is 37.9 Å². The van der Waals surface area contributed by atoms with E-state index in [9.17, 15) is 22.8 Å². The van der Waals surface area contributed by atoms with Crippen molar-refractivity contribution in [2.75, 3.05) is 51.3 Å². The number of carbonyl (C=O) groups is 2. The maximum atomic E-state index is 13.0. The summed E-state index contributed by atoms with van der Waals surface area (Å²) in [7, 11) is 1.31. The van der Waals surface area contributed by atoms with Gasteiger partial charge in [-0.25, -0.2) is 0 Å². The second-order valence-corrected chi connectivity index (χ2v) is 7.78. The summed E-state index contributed by atoms with van der Waals surface area (Å²) in [6.45, 7) is 4.10. The van der Waals surface area contributed by atoms with Crippen LogP contribution in [0.25, 0.3) is 0 Å². The SMILES string of the molecule is COC(=O)CCC(=O)N1CCC[C@H](N2CCN(c3cccc(C(F)(F)F)c3)CC2)C1. The van der Waals surface area contributed by atoms with Crippen molar-refractivity contribution in [1.29, 1.82) is 0 Å². The Hall–Kier alpha value is -2.29.